The standard InChI is InChI=1S/C18H13ClN2O6S.Sr/c1-9-6-14(15(8-13(9)19)28(25,26)27)20-21-16-11-5-3-2-4-10(11)7-12(17(16)22)18(23)24;/h2-8,22H,1H3,(H,23,24)(H,25,26,27);. The Hall–Kier alpha value is -1.53. The van der Waals surface area contributed by atoms with E-state index >= 15 is 0 Å². The third-order valence-electron chi connectivity index (χ3n) is 4.00. The molecular formula is C18H13ClN2O6SSr. The number of hydrogen-bond acceptors (Lipinski definition) is 6. The number of benzene rings is 3. The third-order valence-corrected chi connectivity index (χ3v) is 5.29. The monoisotopic (exact) mass is 508 g/mol. The van der Waals surface area contributed by atoms with E-state index in [1.165, 1.54) is 12.1 Å². The Balaban J connectivity index is 0.00000300. The minimum atomic E-state index is -4.65. The van der Waals surface area contributed by atoms with Gasteiger partial charge in [0.05, 0.1) is 0 Å². The summed E-state index contributed by atoms with van der Waals surface area (Å²) < 4.78 is 32.6. The summed E-state index contributed by atoms with van der Waals surface area (Å²) in [7, 11) is -4.65. The molecular weight excluding hydrogens is 495 g/mol. The number of azo groups is 1. The minimum Gasteiger partial charge on any atom is -0.505 e. The van der Waals surface area contributed by atoms with E-state index in [1.807, 2.05) is 0 Å². The first-order valence-electron chi connectivity index (χ1n) is 7.77. The molecule has 8 nitrogen and oxygen atoms in total. The Morgan fingerprint density at radius 1 is 1.10 bits per heavy atom. The summed E-state index contributed by atoms with van der Waals surface area (Å²) in [4.78, 5) is 10.8. The van der Waals surface area contributed by atoms with Gasteiger partial charge in [-0.25, -0.2) is 4.79 Å². The van der Waals surface area contributed by atoms with E-state index in [0.717, 1.165) is 6.07 Å². The summed E-state index contributed by atoms with van der Waals surface area (Å²) in [5, 5.41) is 28.4. The fourth-order valence-corrected chi connectivity index (χ4v) is 3.48. The van der Waals surface area contributed by atoms with Crippen LogP contribution in [0.5, 0.6) is 5.75 Å². The topological polar surface area (TPSA) is 137 Å². The largest absolute Gasteiger partial charge is 0.505 e. The van der Waals surface area contributed by atoms with Crippen molar-refractivity contribution in [3.63, 3.8) is 0 Å². The van der Waals surface area contributed by atoms with Gasteiger partial charge in [-0.05, 0) is 36.1 Å². The van der Waals surface area contributed by atoms with Crippen LogP contribution in [-0.2, 0) is 10.1 Å². The van der Waals surface area contributed by atoms with Gasteiger partial charge in [0.2, 0.25) is 0 Å². The van der Waals surface area contributed by atoms with E-state index in [4.69, 9.17) is 11.6 Å². The van der Waals surface area contributed by atoms with Crippen LogP contribution in [0.4, 0.5) is 11.4 Å². The van der Waals surface area contributed by atoms with Gasteiger partial charge < -0.3 is 10.2 Å². The summed E-state index contributed by atoms with van der Waals surface area (Å²) in [5.41, 5.74) is -0.260. The van der Waals surface area contributed by atoms with E-state index in [9.17, 15) is 28.0 Å². The van der Waals surface area contributed by atoms with Crippen molar-refractivity contribution in [2.45, 2.75) is 11.8 Å². The van der Waals surface area contributed by atoms with Crippen LogP contribution in [0.25, 0.3) is 10.8 Å². The van der Waals surface area contributed by atoms with Gasteiger partial charge in [-0.1, -0.05) is 35.9 Å². The average Bonchev–Trinajstić information content (AvgIpc) is 2.61. The maximum absolute atomic E-state index is 11.6. The van der Waals surface area contributed by atoms with Crippen molar-refractivity contribution in [1.29, 1.82) is 0 Å². The quantitative estimate of drug-likeness (QED) is 0.270. The van der Waals surface area contributed by atoms with E-state index < -0.39 is 26.7 Å². The zero-order valence-electron chi connectivity index (χ0n) is 15.0. The molecule has 0 amide bonds. The second-order valence-corrected chi connectivity index (χ2v) is 7.69. The molecule has 146 valence electrons. The molecule has 2 radical (unpaired) electrons. The number of carbonyl (C=O) groups is 1. The molecule has 0 aliphatic carbocycles. The van der Waals surface area contributed by atoms with Crippen molar-refractivity contribution in [3.8, 4) is 5.75 Å². The molecule has 0 saturated heterocycles. The molecule has 29 heavy (non-hydrogen) atoms. The number of carboxylic acids is 1. The van der Waals surface area contributed by atoms with Gasteiger partial charge in [-0.2, -0.15) is 8.42 Å². The van der Waals surface area contributed by atoms with Crippen LogP contribution in [0.3, 0.4) is 0 Å². The van der Waals surface area contributed by atoms with Crippen LogP contribution in [0.2, 0.25) is 5.02 Å². The maximum atomic E-state index is 11.6. The summed E-state index contributed by atoms with van der Waals surface area (Å²) in [5.74, 6) is -1.98. The molecule has 3 N–H and O–H groups in total. The summed E-state index contributed by atoms with van der Waals surface area (Å²) >= 11 is 5.91. The summed E-state index contributed by atoms with van der Waals surface area (Å²) in [6, 6.07) is 10.2. The summed E-state index contributed by atoms with van der Waals surface area (Å²) in [6.45, 7) is 1.60. The van der Waals surface area contributed by atoms with Gasteiger partial charge >= 0.3 is 5.97 Å². The van der Waals surface area contributed by atoms with E-state index in [2.05, 4.69) is 10.2 Å². The van der Waals surface area contributed by atoms with Crippen LogP contribution < -0.4 is 0 Å². The van der Waals surface area contributed by atoms with Crippen LogP contribution >= 0.6 is 11.6 Å². The van der Waals surface area contributed by atoms with E-state index in [1.54, 1.807) is 31.2 Å². The molecule has 0 heterocycles. The van der Waals surface area contributed by atoms with Gasteiger partial charge in [0.15, 0.2) is 5.75 Å². The van der Waals surface area contributed by atoms with Crippen LogP contribution in [0.15, 0.2) is 57.6 Å². The number of halogens is 1. The number of phenols is 1. The second kappa shape index (κ2) is 9.09. The number of aromatic carboxylic acids is 1. The Morgan fingerprint density at radius 2 is 1.76 bits per heavy atom. The molecule has 0 unspecified atom stereocenters. The van der Waals surface area contributed by atoms with E-state index in [0.29, 0.717) is 16.3 Å². The fraction of sp³-hybridized carbons (Fsp3) is 0.0556. The molecule has 3 aromatic carbocycles. The number of carboxylic acid groups (broad SMARTS) is 1. The number of nitrogens with zero attached hydrogens (tertiary/aromatic N) is 2. The van der Waals surface area contributed by atoms with Crippen molar-refractivity contribution >= 4 is 95.3 Å². The predicted octanol–water partition coefficient (Wildman–Crippen LogP) is 4.49. The van der Waals surface area contributed by atoms with Gasteiger partial charge in [-0.15, -0.1) is 10.2 Å². The molecule has 0 aliphatic heterocycles. The number of fused-ring (bicyclic) bond motifs is 1. The molecule has 3 aromatic rings. The Bertz CT molecular complexity index is 1260. The van der Waals surface area contributed by atoms with Crippen molar-refractivity contribution in [3.05, 3.63) is 58.6 Å². The third kappa shape index (κ3) is 4.97. The smallest absolute Gasteiger partial charge is 0.339 e. The van der Waals surface area contributed by atoms with Crippen LogP contribution in [-0.4, -0.2) is 74.6 Å². The Labute approximate surface area is 207 Å². The average molecular weight is 508 g/mol. The summed E-state index contributed by atoms with van der Waals surface area (Å²) in [6.07, 6.45) is 0. The number of hydrogen-bond donors (Lipinski definition) is 3. The van der Waals surface area contributed by atoms with Crippen LogP contribution in [0, 0.1) is 6.92 Å². The molecule has 0 saturated carbocycles. The minimum absolute atomic E-state index is 0. The molecule has 0 atom stereocenters. The molecule has 0 aromatic heterocycles. The fourth-order valence-electron chi connectivity index (χ4n) is 2.62. The molecule has 11 heteroatoms. The Morgan fingerprint density at radius 3 is 2.38 bits per heavy atom. The first-order valence-corrected chi connectivity index (χ1v) is 9.58. The van der Waals surface area contributed by atoms with E-state index in [-0.39, 0.29) is 67.4 Å². The van der Waals surface area contributed by atoms with Crippen molar-refractivity contribution in [1.82, 2.24) is 0 Å². The maximum Gasteiger partial charge on any atom is 0.339 e. The zero-order valence-corrected chi connectivity index (χ0v) is 20.0. The molecule has 3 rings (SSSR count). The molecule has 0 aliphatic rings. The van der Waals surface area contributed by atoms with Crippen molar-refractivity contribution < 1.29 is 28.0 Å². The number of aromatic hydroxyl groups is 1. The Kier molecular flexibility index (Phi) is 7.44. The number of aryl methyl sites for hydroxylation is 1. The normalized spacial score (nSPS) is 11.6. The molecule has 0 fully saturated rings. The SMILES string of the molecule is Cc1cc(N=Nc2c(O)c(C(=O)O)cc3ccccc23)c(S(=O)(=O)O)cc1Cl.[Sr]. The first-order chi connectivity index (χ1) is 13.1. The van der Waals surface area contributed by atoms with Gasteiger partial charge in [0.25, 0.3) is 10.1 Å². The van der Waals surface area contributed by atoms with Crippen LogP contribution in [0.1, 0.15) is 15.9 Å². The first kappa shape index (κ1) is 23.7. The van der Waals surface area contributed by atoms with Gasteiger partial charge in [-0.3, -0.25) is 4.55 Å². The molecule has 0 spiro atoms. The van der Waals surface area contributed by atoms with Crippen molar-refractivity contribution in [2.75, 3.05) is 0 Å². The second-order valence-electron chi connectivity index (χ2n) is 5.89. The molecule has 0 bridgehead atoms. The van der Waals surface area contributed by atoms with Crippen molar-refractivity contribution in [2.24, 2.45) is 10.2 Å². The van der Waals surface area contributed by atoms with Gasteiger partial charge in [0, 0.05) is 55.9 Å². The predicted molar refractivity (Wildman–Crippen MR) is 109 cm³/mol. The zero-order chi connectivity index (χ0) is 20.6. The number of rotatable bonds is 4. The van der Waals surface area contributed by atoms with Gasteiger partial charge in [0.1, 0.15) is 21.8 Å².